The molecule has 3 N–H and O–H groups in total. The van der Waals surface area contributed by atoms with E-state index in [1.54, 1.807) is 6.20 Å². The first kappa shape index (κ1) is 21.4. The molecule has 27 heavy (non-hydrogen) atoms. The van der Waals surface area contributed by atoms with Crippen LogP contribution in [0.2, 0.25) is 0 Å². The van der Waals surface area contributed by atoms with Crippen molar-refractivity contribution >= 4 is 11.8 Å². The summed E-state index contributed by atoms with van der Waals surface area (Å²) in [6, 6.07) is -0.259. The average Bonchev–Trinajstić information content (AvgIpc) is 3.04. The Morgan fingerprint density at radius 1 is 1.37 bits per heavy atom. The smallest absolute Gasteiger partial charge is 0.246 e. The molecule has 1 saturated carbocycles. The fourth-order valence-corrected chi connectivity index (χ4v) is 3.56. The second-order valence-corrected chi connectivity index (χ2v) is 7.04. The molecule has 0 saturated heterocycles. The maximum atomic E-state index is 12.6. The number of carbonyl (C=O) groups is 2. The van der Waals surface area contributed by atoms with E-state index in [9.17, 15) is 9.59 Å². The zero-order valence-electron chi connectivity index (χ0n) is 16.5. The van der Waals surface area contributed by atoms with E-state index in [0.717, 1.165) is 30.6 Å². The van der Waals surface area contributed by atoms with Gasteiger partial charge in [-0.3, -0.25) is 14.3 Å². The van der Waals surface area contributed by atoms with E-state index in [2.05, 4.69) is 15.7 Å². The average molecular weight is 380 g/mol. The second kappa shape index (κ2) is 10.4. The number of amides is 2. The number of ether oxygens (including phenoxy) is 1. The highest BCUT2D eigenvalue weighted by molar-refractivity contribution is 5.79. The SMILES string of the molecule is CCCO[C@@H]1CC[C@H](C(=O)NCc2cnn(CC)c2C)C[C@H]1NC(=O)CO. The van der Waals surface area contributed by atoms with Crippen molar-refractivity contribution in [1.29, 1.82) is 0 Å². The minimum atomic E-state index is -0.561. The lowest BCUT2D eigenvalue weighted by Gasteiger charge is -2.35. The number of hydrogen-bond donors (Lipinski definition) is 3. The summed E-state index contributed by atoms with van der Waals surface area (Å²) >= 11 is 0. The molecule has 0 unspecified atom stereocenters. The Morgan fingerprint density at radius 2 is 2.15 bits per heavy atom. The van der Waals surface area contributed by atoms with Gasteiger partial charge in [0.2, 0.25) is 11.8 Å². The van der Waals surface area contributed by atoms with E-state index >= 15 is 0 Å². The number of nitrogens with zero attached hydrogens (tertiary/aromatic N) is 2. The number of aliphatic hydroxyl groups is 1. The molecule has 1 heterocycles. The highest BCUT2D eigenvalue weighted by Crippen LogP contribution is 2.27. The number of aliphatic hydroxyl groups excluding tert-OH is 1. The van der Waals surface area contributed by atoms with E-state index in [-0.39, 0.29) is 24.0 Å². The Kier molecular flexibility index (Phi) is 8.24. The van der Waals surface area contributed by atoms with Crippen LogP contribution in [0.15, 0.2) is 6.20 Å². The molecule has 1 aromatic rings. The minimum Gasteiger partial charge on any atom is -0.387 e. The van der Waals surface area contributed by atoms with E-state index < -0.39 is 12.5 Å². The molecule has 1 fully saturated rings. The van der Waals surface area contributed by atoms with E-state index in [1.165, 1.54) is 0 Å². The van der Waals surface area contributed by atoms with Gasteiger partial charge in [0, 0.05) is 36.9 Å². The van der Waals surface area contributed by atoms with Crippen molar-refractivity contribution in [1.82, 2.24) is 20.4 Å². The van der Waals surface area contributed by atoms with Crippen molar-refractivity contribution in [3.05, 3.63) is 17.5 Å². The van der Waals surface area contributed by atoms with Crippen LogP contribution in [0.5, 0.6) is 0 Å². The number of nitrogens with one attached hydrogen (secondary N) is 2. The maximum Gasteiger partial charge on any atom is 0.246 e. The van der Waals surface area contributed by atoms with Crippen LogP contribution in [0.3, 0.4) is 0 Å². The van der Waals surface area contributed by atoms with Crippen molar-refractivity contribution in [3.63, 3.8) is 0 Å². The molecule has 0 radical (unpaired) electrons. The predicted octanol–water partition coefficient (Wildman–Crippen LogP) is 0.900. The van der Waals surface area contributed by atoms with Crippen LogP contribution in [-0.2, 0) is 27.4 Å². The van der Waals surface area contributed by atoms with Crippen LogP contribution in [-0.4, -0.2) is 52.1 Å². The maximum absolute atomic E-state index is 12.6. The molecule has 1 aliphatic rings. The van der Waals surface area contributed by atoms with E-state index in [0.29, 0.717) is 26.0 Å². The lowest BCUT2D eigenvalue weighted by Crippen LogP contribution is -2.51. The highest BCUT2D eigenvalue weighted by Gasteiger charge is 2.35. The lowest BCUT2D eigenvalue weighted by atomic mass is 9.83. The Hall–Kier alpha value is -1.93. The summed E-state index contributed by atoms with van der Waals surface area (Å²) in [5, 5.41) is 19.1. The molecular weight excluding hydrogens is 348 g/mol. The summed E-state index contributed by atoms with van der Waals surface area (Å²) in [6.45, 7) is 7.36. The third kappa shape index (κ3) is 5.77. The largest absolute Gasteiger partial charge is 0.387 e. The van der Waals surface area contributed by atoms with Gasteiger partial charge in [0.05, 0.1) is 18.3 Å². The zero-order valence-corrected chi connectivity index (χ0v) is 16.5. The van der Waals surface area contributed by atoms with Gasteiger partial charge in [-0.05, 0) is 39.5 Å². The molecule has 8 heteroatoms. The first-order valence-electron chi connectivity index (χ1n) is 9.80. The lowest BCUT2D eigenvalue weighted by molar-refractivity contribution is -0.131. The van der Waals surface area contributed by atoms with Gasteiger partial charge in [-0.25, -0.2) is 0 Å². The first-order valence-corrected chi connectivity index (χ1v) is 9.80. The second-order valence-electron chi connectivity index (χ2n) is 7.04. The number of rotatable bonds is 9. The Bertz CT molecular complexity index is 631. The van der Waals surface area contributed by atoms with Gasteiger partial charge in [-0.15, -0.1) is 0 Å². The standard InChI is InChI=1S/C19H32N4O4/c1-4-8-27-17-7-6-14(9-16(17)22-18(25)12-24)19(26)20-10-15-11-21-23(5-2)13(15)3/h11,14,16-17,24H,4-10,12H2,1-3H3,(H,20,26)(H,22,25)/t14-,16+,17+/m0/s1. The van der Waals surface area contributed by atoms with Crippen LogP contribution >= 0.6 is 0 Å². The minimum absolute atomic E-state index is 0.0177. The monoisotopic (exact) mass is 380 g/mol. The van der Waals surface area contributed by atoms with E-state index in [1.807, 2.05) is 25.5 Å². The van der Waals surface area contributed by atoms with Crippen LogP contribution < -0.4 is 10.6 Å². The molecule has 0 bridgehead atoms. The quantitative estimate of drug-likeness (QED) is 0.590. The van der Waals surface area contributed by atoms with Crippen LogP contribution in [0.25, 0.3) is 0 Å². The summed E-state index contributed by atoms with van der Waals surface area (Å²) in [5.41, 5.74) is 2.07. The van der Waals surface area contributed by atoms with Gasteiger partial charge in [0.1, 0.15) is 6.61 Å². The van der Waals surface area contributed by atoms with Crippen molar-refractivity contribution in [2.24, 2.45) is 5.92 Å². The number of carbonyl (C=O) groups excluding carboxylic acids is 2. The molecule has 8 nitrogen and oxygen atoms in total. The molecule has 2 amide bonds. The highest BCUT2D eigenvalue weighted by atomic mass is 16.5. The molecule has 0 aliphatic heterocycles. The molecule has 2 rings (SSSR count). The van der Waals surface area contributed by atoms with Crippen molar-refractivity contribution in [2.75, 3.05) is 13.2 Å². The number of aryl methyl sites for hydroxylation is 1. The summed E-state index contributed by atoms with van der Waals surface area (Å²) in [5.74, 6) is -0.637. The first-order chi connectivity index (χ1) is 13.0. The molecule has 152 valence electrons. The molecule has 3 atom stereocenters. The molecule has 0 spiro atoms. The predicted molar refractivity (Wildman–Crippen MR) is 101 cm³/mol. The van der Waals surface area contributed by atoms with Gasteiger partial charge in [-0.2, -0.15) is 5.10 Å². The molecule has 0 aromatic carbocycles. The number of hydrogen-bond acceptors (Lipinski definition) is 5. The normalized spacial score (nSPS) is 22.4. The van der Waals surface area contributed by atoms with E-state index in [4.69, 9.17) is 9.84 Å². The van der Waals surface area contributed by atoms with Crippen LogP contribution in [0, 0.1) is 12.8 Å². The fourth-order valence-electron chi connectivity index (χ4n) is 3.56. The summed E-state index contributed by atoms with van der Waals surface area (Å²) in [7, 11) is 0. The van der Waals surface area contributed by atoms with Gasteiger partial charge < -0.3 is 20.5 Å². The molecule has 1 aliphatic carbocycles. The van der Waals surface area contributed by atoms with Gasteiger partial charge in [-0.1, -0.05) is 6.92 Å². The topological polar surface area (TPSA) is 105 Å². The summed E-state index contributed by atoms with van der Waals surface area (Å²) < 4.78 is 7.74. The third-order valence-electron chi connectivity index (χ3n) is 5.14. The molecular formula is C19H32N4O4. The van der Waals surface area contributed by atoms with Gasteiger partial charge in [0.25, 0.3) is 0 Å². The van der Waals surface area contributed by atoms with Crippen LogP contribution in [0.4, 0.5) is 0 Å². The fraction of sp³-hybridized carbons (Fsp3) is 0.737. The van der Waals surface area contributed by atoms with Crippen molar-refractivity contribution in [3.8, 4) is 0 Å². The Balaban J connectivity index is 1.93. The third-order valence-corrected chi connectivity index (χ3v) is 5.14. The van der Waals surface area contributed by atoms with Crippen molar-refractivity contribution < 1.29 is 19.4 Å². The Labute approximate surface area is 160 Å². The van der Waals surface area contributed by atoms with Crippen LogP contribution in [0.1, 0.15) is 50.8 Å². The van der Waals surface area contributed by atoms with Gasteiger partial charge >= 0.3 is 0 Å². The number of aromatic nitrogens is 2. The molecule has 1 aromatic heterocycles. The zero-order chi connectivity index (χ0) is 19.8. The summed E-state index contributed by atoms with van der Waals surface area (Å²) in [6.07, 6.45) is 4.51. The Morgan fingerprint density at radius 3 is 2.78 bits per heavy atom. The summed E-state index contributed by atoms with van der Waals surface area (Å²) in [4.78, 5) is 24.3. The van der Waals surface area contributed by atoms with Gasteiger partial charge in [0.15, 0.2) is 0 Å². The van der Waals surface area contributed by atoms with Crippen molar-refractivity contribution in [2.45, 2.75) is 71.7 Å².